The third kappa shape index (κ3) is 3.37. The number of pyridine rings is 1. The molecule has 2 aromatic rings. The zero-order valence-electron chi connectivity index (χ0n) is 14.0. The molecule has 1 aliphatic heterocycles. The maximum atomic E-state index is 12.6. The maximum Gasteiger partial charge on any atom is 0.264 e. The molecule has 4 nitrogen and oxygen atoms in total. The van der Waals surface area contributed by atoms with E-state index in [0.717, 1.165) is 42.5 Å². The summed E-state index contributed by atoms with van der Waals surface area (Å²) in [7, 11) is 0. The fourth-order valence-electron chi connectivity index (χ4n) is 3.29. The minimum absolute atomic E-state index is 0.203. The molecule has 1 saturated heterocycles. The Morgan fingerprint density at radius 2 is 2.04 bits per heavy atom. The fraction of sp³-hybridized carbons (Fsp3) is 0.474. The molecule has 1 amide bonds. The second-order valence-electron chi connectivity index (χ2n) is 7.02. The molecule has 2 fully saturated rings. The van der Waals surface area contributed by atoms with Crippen LogP contribution in [0.1, 0.15) is 33.6 Å². The Morgan fingerprint density at radius 3 is 2.67 bits per heavy atom. The van der Waals surface area contributed by atoms with Gasteiger partial charge in [-0.25, -0.2) is 0 Å². The highest BCUT2D eigenvalue weighted by molar-refractivity contribution is 7.12. The number of thiophene rings is 1. The predicted octanol–water partition coefficient (Wildman–Crippen LogP) is 3.19. The van der Waals surface area contributed by atoms with Crippen LogP contribution < -0.4 is 0 Å². The SMILES string of the molecule is Cc1ccsc1C(=O)N1CC(N(Cc2ccncc2)CC2CC2)C1. The molecule has 3 heterocycles. The van der Waals surface area contributed by atoms with Gasteiger partial charge in [0.25, 0.3) is 5.91 Å². The molecule has 0 N–H and O–H groups in total. The molecule has 2 aliphatic rings. The number of aryl methyl sites for hydroxylation is 1. The average molecular weight is 341 g/mol. The summed E-state index contributed by atoms with van der Waals surface area (Å²) in [6.07, 6.45) is 6.44. The summed E-state index contributed by atoms with van der Waals surface area (Å²) < 4.78 is 0. The van der Waals surface area contributed by atoms with Gasteiger partial charge in [0.1, 0.15) is 0 Å². The van der Waals surface area contributed by atoms with E-state index in [1.54, 1.807) is 11.3 Å². The third-order valence-electron chi connectivity index (χ3n) is 5.05. The summed E-state index contributed by atoms with van der Waals surface area (Å²) in [6.45, 7) is 5.85. The monoisotopic (exact) mass is 341 g/mol. The fourth-order valence-corrected chi connectivity index (χ4v) is 4.18. The van der Waals surface area contributed by atoms with Crippen LogP contribution in [0.3, 0.4) is 0 Å². The lowest BCUT2D eigenvalue weighted by molar-refractivity contribution is 0.0223. The molecule has 0 spiro atoms. The van der Waals surface area contributed by atoms with E-state index in [9.17, 15) is 4.79 Å². The molecule has 2 aromatic heterocycles. The summed E-state index contributed by atoms with van der Waals surface area (Å²) in [5.41, 5.74) is 2.41. The average Bonchev–Trinajstić information content (AvgIpc) is 3.25. The summed E-state index contributed by atoms with van der Waals surface area (Å²) >= 11 is 1.56. The quantitative estimate of drug-likeness (QED) is 0.810. The van der Waals surface area contributed by atoms with Crippen molar-refractivity contribution in [3.8, 4) is 0 Å². The first-order chi connectivity index (χ1) is 11.7. The van der Waals surface area contributed by atoms with E-state index in [4.69, 9.17) is 0 Å². The zero-order chi connectivity index (χ0) is 16.5. The van der Waals surface area contributed by atoms with Crippen LogP contribution in [-0.4, -0.2) is 46.4 Å². The van der Waals surface area contributed by atoms with Crippen LogP contribution in [-0.2, 0) is 6.54 Å². The molecular formula is C19H23N3OS. The van der Waals surface area contributed by atoms with Gasteiger partial charge in [-0.3, -0.25) is 14.7 Å². The standard InChI is InChI=1S/C19H23N3OS/c1-14-6-9-24-18(14)19(23)22-12-17(13-22)21(10-15-2-3-15)11-16-4-7-20-8-5-16/h4-9,15,17H,2-3,10-13H2,1H3. The summed E-state index contributed by atoms with van der Waals surface area (Å²) in [5.74, 6) is 1.06. The van der Waals surface area contributed by atoms with Crippen LogP contribution in [0.15, 0.2) is 36.0 Å². The van der Waals surface area contributed by atoms with Gasteiger partial charge in [0.15, 0.2) is 0 Å². The van der Waals surface area contributed by atoms with Crippen LogP contribution in [0.2, 0.25) is 0 Å². The van der Waals surface area contributed by atoms with Crippen molar-refractivity contribution in [2.75, 3.05) is 19.6 Å². The first-order valence-corrected chi connectivity index (χ1v) is 9.55. The normalized spacial score (nSPS) is 18.0. The number of hydrogen-bond acceptors (Lipinski definition) is 4. The lowest BCUT2D eigenvalue weighted by atomic mass is 10.0. The molecule has 0 unspecified atom stereocenters. The van der Waals surface area contributed by atoms with Crippen LogP contribution in [0.4, 0.5) is 0 Å². The largest absolute Gasteiger partial charge is 0.335 e. The van der Waals surface area contributed by atoms with E-state index in [-0.39, 0.29) is 5.91 Å². The molecule has 5 heteroatoms. The highest BCUT2D eigenvalue weighted by Crippen LogP contribution is 2.32. The van der Waals surface area contributed by atoms with Gasteiger partial charge in [-0.15, -0.1) is 11.3 Å². The lowest BCUT2D eigenvalue weighted by Gasteiger charge is -2.45. The molecule has 1 saturated carbocycles. The van der Waals surface area contributed by atoms with Gasteiger partial charge in [-0.1, -0.05) is 0 Å². The van der Waals surface area contributed by atoms with Crippen LogP contribution >= 0.6 is 11.3 Å². The van der Waals surface area contributed by atoms with E-state index >= 15 is 0 Å². The highest BCUT2D eigenvalue weighted by atomic mass is 32.1. The maximum absolute atomic E-state index is 12.6. The Morgan fingerprint density at radius 1 is 1.29 bits per heavy atom. The van der Waals surface area contributed by atoms with E-state index in [0.29, 0.717) is 6.04 Å². The van der Waals surface area contributed by atoms with Crippen molar-refractivity contribution in [3.63, 3.8) is 0 Å². The number of hydrogen-bond donors (Lipinski definition) is 0. The van der Waals surface area contributed by atoms with Crippen LogP contribution in [0.25, 0.3) is 0 Å². The number of aromatic nitrogens is 1. The highest BCUT2D eigenvalue weighted by Gasteiger charge is 2.38. The number of rotatable bonds is 6. The van der Waals surface area contributed by atoms with E-state index < -0.39 is 0 Å². The van der Waals surface area contributed by atoms with Crippen molar-refractivity contribution in [2.45, 2.75) is 32.4 Å². The molecule has 126 valence electrons. The van der Waals surface area contributed by atoms with Crippen molar-refractivity contribution in [3.05, 3.63) is 52.0 Å². The van der Waals surface area contributed by atoms with Gasteiger partial charge in [-0.05, 0) is 60.4 Å². The minimum Gasteiger partial charge on any atom is -0.335 e. The Kier molecular flexibility index (Phi) is 4.37. The Bertz CT molecular complexity index is 704. The Balaban J connectivity index is 1.38. The molecular weight excluding hydrogens is 318 g/mol. The number of amides is 1. The molecule has 0 bridgehead atoms. The molecule has 0 aromatic carbocycles. The zero-order valence-corrected chi connectivity index (χ0v) is 14.8. The number of nitrogens with zero attached hydrogens (tertiary/aromatic N) is 3. The summed E-state index contributed by atoms with van der Waals surface area (Å²) in [6, 6.07) is 6.70. The number of likely N-dealkylation sites (tertiary alicyclic amines) is 1. The van der Waals surface area contributed by atoms with Crippen molar-refractivity contribution < 1.29 is 4.79 Å². The van der Waals surface area contributed by atoms with Gasteiger partial charge >= 0.3 is 0 Å². The van der Waals surface area contributed by atoms with Gasteiger partial charge < -0.3 is 4.90 Å². The van der Waals surface area contributed by atoms with Crippen molar-refractivity contribution in [1.82, 2.24) is 14.8 Å². The molecule has 0 atom stereocenters. The van der Waals surface area contributed by atoms with Gasteiger partial charge in [-0.2, -0.15) is 0 Å². The summed E-state index contributed by atoms with van der Waals surface area (Å²) in [5, 5.41) is 2.00. The third-order valence-corrected chi connectivity index (χ3v) is 6.05. The molecule has 0 radical (unpaired) electrons. The van der Waals surface area contributed by atoms with Gasteiger partial charge in [0.05, 0.1) is 4.88 Å². The number of carbonyl (C=O) groups is 1. The second-order valence-corrected chi connectivity index (χ2v) is 7.94. The van der Waals surface area contributed by atoms with Gasteiger partial charge in [0.2, 0.25) is 0 Å². The lowest BCUT2D eigenvalue weighted by Crippen LogP contribution is -2.61. The van der Waals surface area contributed by atoms with Crippen molar-refractivity contribution in [2.24, 2.45) is 5.92 Å². The van der Waals surface area contributed by atoms with E-state index in [2.05, 4.69) is 22.0 Å². The minimum atomic E-state index is 0.203. The number of carbonyl (C=O) groups excluding carboxylic acids is 1. The van der Waals surface area contributed by atoms with Crippen LogP contribution in [0.5, 0.6) is 0 Å². The Hall–Kier alpha value is -1.72. The van der Waals surface area contributed by atoms with E-state index in [1.807, 2.05) is 35.7 Å². The van der Waals surface area contributed by atoms with E-state index in [1.165, 1.54) is 18.4 Å². The van der Waals surface area contributed by atoms with Crippen LogP contribution in [0, 0.1) is 12.8 Å². The first-order valence-electron chi connectivity index (χ1n) is 8.67. The molecule has 1 aliphatic carbocycles. The Labute approximate surface area is 147 Å². The molecule has 24 heavy (non-hydrogen) atoms. The topological polar surface area (TPSA) is 36.4 Å². The van der Waals surface area contributed by atoms with Gasteiger partial charge in [0, 0.05) is 44.6 Å². The van der Waals surface area contributed by atoms with Crippen molar-refractivity contribution in [1.29, 1.82) is 0 Å². The predicted molar refractivity (Wildman–Crippen MR) is 96.1 cm³/mol. The van der Waals surface area contributed by atoms with Crippen molar-refractivity contribution >= 4 is 17.2 Å². The summed E-state index contributed by atoms with van der Waals surface area (Å²) in [4.78, 5) is 22.1. The second kappa shape index (κ2) is 6.65. The molecule has 4 rings (SSSR count). The first kappa shape index (κ1) is 15.8. The smallest absolute Gasteiger partial charge is 0.264 e.